The summed E-state index contributed by atoms with van der Waals surface area (Å²) in [7, 11) is 3.11. The van der Waals surface area contributed by atoms with E-state index in [1.807, 2.05) is 0 Å². The molecule has 2 heterocycles. The van der Waals surface area contributed by atoms with E-state index < -0.39 is 34.8 Å². The molecule has 0 aliphatic heterocycles. The smallest absolute Gasteiger partial charge is 0.303 e. The minimum atomic E-state index is -1.13. The molecular formula is C22H23F3N4O3. The summed E-state index contributed by atoms with van der Waals surface area (Å²) in [5.74, 6) is -4.54. The van der Waals surface area contributed by atoms with Crippen molar-refractivity contribution in [1.29, 1.82) is 0 Å². The van der Waals surface area contributed by atoms with Crippen molar-refractivity contribution >= 4 is 22.8 Å². The largest absolute Gasteiger partial charge is 0.481 e. The molecule has 0 bridgehead atoms. The first-order valence-electron chi connectivity index (χ1n) is 9.83. The zero-order valence-corrected chi connectivity index (χ0v) is 18.0. The van der Waals surface area contributed by atoms with Crippen LogP contribution in [0.5, 0.6) is 0 Å². The van der Waals surface area contributed by atoms with Gasteiger partial charge < -0.3 is 15.0 Å². The van der Waals surface area contributed by atoms with Crippen LogP contribution < -0.4 is 0 Å². The summed E-state index contributed by atoms with van der Waals surface area (Å²) in [6, 6.07) is 1.85. The minimum Gasteiger partial charge on any atom is -0.481 e. The zero-order chi connectivity index (χ0) is 23.8. The predicted octanol–water partition coefficient (Wildman–Crippen LogP) is 3.79. The molecule has 0 saturated carbocycles. The molecule has 7 nitrogen and oxygen atoms in total. The van der Waals surface area contributed by atoms with Crippen molar-refractivity contribution in [3.05, 3.63) is 47.7 Å². The van der Waals surface area contributed by atoms with Gasteiger partial charge in [-0.3, -0.25) is 9.59 Å². The van der Waals surface area contributed by atoms with Gasteiger partial charge in [0.25, 0.3) is 0 Å². The fourth-order valence-electron chi connectivity index (χ4n) is 3.79. The molecule has 3 aromatic rings. The van der Waals surface area contributed by atoms with Gasteiger partial charge in [-0.15, -0.1) is 0 Å². The lowest BCUT2D eigenvalue weighted by atomic mass is 9.73. The lowest BCUT2D eigenvalue weighted by Gasteiger charge is -2.34. The van der Waals surface area contributed by atoms with Crippen LogP contribution >= 0.6 is 0 Å². The standard InChI is InChI=1S/C22H23F3N4O3/c1-22(2,21(32)29(3)4)11(6-18(30)31)5-17-16(25)10-27-20(28-17)14-9-26-19-13(14)7-12(23)8-15(19)24/h7-11,26H,5-6H2,1-4H3,(H,30,31). The second-order valence-corrected chi connectivity index (χ2v) is 8.42. The Morgan fingerprint density at radius 3 is 2.50 bits per heavy atom. The number of benzene rings is 1. The van der Waals surface area contributed by atoms with Crippen molar-refractivity contribution in [3.8, 4) is 11.4 Å². The Hall–Kier alpha value is -3.43. The second-order valence-electron chi connectivity index (χ2n) is 8.42. The maximum Gasteiger partial charge on any atom is 0.303 e. The van der Waals surface area contributed by atoms with Gasteiger partial charge in [0, 0.05) is 49.1 Å². The van der Waals surface area contributed by atoms with E-state index in [-0.39, 0.29) is 46.7 Å². The van der Waals surface area contributed by atoms with Gasteiger partial charge in [-0.05, 0) is 18.4 Å². The molecule has 32 heavy (non-hydrogen) atoms. The van der Waals surface area contributed by atoms with Crippen LogP contribution in [0.2, 0.25) is 0 Å². The maximum atomic E-state index is 14.6. The molecule has 0 aliphatic rings. The monoisotopic (exact) mass is 448 g/mol. The van der Waals surface area contributed by atoms with E-state index in [1.165, 1.54) is 11.1 Å². The first kappa shape index (κ1) is 23.2. The van der Waals surface area contributed by atoms with Gasteiger partial charge >= 0.3 is 5.97 Å². The highest BCUT2D eigenvalue weighted by Crippen LogP contribution is 2.35. The number of aromatic nitrogens is 3. The Kier molecular flexibility index (Phi) is 6.25. The fourth-order valence-corrected chi connectivity index (χ4v) is 3.79. The molecule has 2 N–H and O–H groups in total. The van der Waals surface area contributed by atoms with Crippen LogP contribution in [0, 0.1) is 28.8 Å². The third-order valence-electron chi connectivity index (χ3n) is 5.60. The van der Waals surface area contributed by atoms with Gasteiger partial charge in [-0.25, -0.2) is 23.1 Å². The SMILES string of the molecule is CN(C)C(=O)C(C)(C)C(CC(=O)O)Cc1nc(-c2c[nH]c3c(F)cc(F)cc23)ncc1F. The lowest BCUT2D eigenvalue weighted by Crippen LogP contribution is -2.43. The molecule has 10 heteroatoms. The number of carbonyl (C=O) groups excluding carboxylic acids is 1. The summed E-state index contributed by atoms with van der Waals surface area (Å²) in [6.07, 6.45) is 1.78. The molecule has 0 spiro atoms. The van der Waals surface area contributed by atoms with Crippen LogP contribution in [-0.4, -0.2) is 50.9 Å². The quantitative estimate of drug-likeness (QED) is 0.573. The third-order valence-corrected chi connectivity index (χ3v) is 5.60. The number of carboxylic acid groups (broad SMARTS) is 1. The van der Waals surface area contributed by atoms with Crippen LogP contribution in [-0.2, 0) is 16.0 Å². The molecule has 0 saturated heterocycles. The molecule has 1 atom stereocenters. The molecule has 0 aliphatic carbocycles. The molecule has 3 rings (SSSR count). The number of fused-ring (bicyclic) bond motifs is 1. The van der Waals surface area contributed by atoms with E-state index in [2.05, 4.69) is 15.0 Å². The van der Waals surface area contributed by atoms with Crippen molar-refractivity contribution in [2.45, 2.75) is 26.7 Å². The molecule has 1 amide bonds. The first-order valence-corrected chi connectivity index (χ1v) is 9.83. The molecule has 0 fully saturated rings. The van der Waals surface area contributed by atoms with Gasteiger partial charge in [0.15, 0.2) is 11.6 Å². The number of H-pyrrole nitrogens is 1. The number of rotatable bonds is 7. The molecule has 2 aromatic heterocycles. The van der Waals surface area contributed by atoms with Crippen LogP contribution in [0.25, 0.3) is 22.3 Å². The predicted molar refractivity (Wildman–Crippen MR) is 111 cm³/mol. The highest BCUT2D eigenvalue weighted by atomic mass is 19.1. The van der Waals surface area contributed by atoms with Crippen molar-refractivity contribution in [3.63, 3.8) is 0 Å². The van der Waals surface area contributed by atoms with Crippen LogP contribution in [0.15, 0.2) is 24.5 Å². The second kappa shape index (κ2) is 8.60. The highest BCUT2D eigenvalue weighted by molar-refractivity contribution is 5.94. The topological polar surface area (TPSA) is 99.2 Å². The zero-order valence-electron chi connectivity index (χ0n) is 18.0. The Balaban J connectivity index is 2.04. The number of aliphatic carboxylic acids is 1. The Bertz CT molecular complexity index is 1190. The van der Waals surface area contributed by atoms with Crippen LogP contribution in [0.1, 0.15) is 26.0 Å². The maximum absolute atomic E-state index is 14.6. The normalized spacial score (nSPS) is 12.7. The van der Waals surface area contributed by atoms with Crippen molar-refractivity contribution in [2.24, 2.45) is 11.3 Å². The molecular weight excluding hydrogens is 425 g/mol. The number of nitrogens with one attached hydrogen (secondary N) is 1. The summed E-state index contributed by atoms with van der Waals surface area (Å²) < 4.78 is 42.4. The molecule has 1 unspecified atom stereocenters. The van der Waals surface area contributed by atoms with E-state index >= 15 is 0 Å². The van der Waals surface area contributed by atoms with Crippen molar-refractivity contribution < 1.29 is 27.9 Å². The van der Waals surface area contributed by atoms with E-state index in [0.717, 1.165) is 18.3 Å². The number of carboxylic acids is 1. The number of aromatic amines is 1. The Labute approximate surface area is 182 Å². The number of hydrogen-bond acceptors (Lipinski definition) is 4. The number of amides is 1. The van der Waals surface area contributed by atoms with Crippen LogP contribution in [0.3, 0.4) is 0 Å². The van der Waals surface area contributed by atoms with Crippen molar-refractivity contribution in [1.82, 2.24) is 19.9 Å². The summed E-state index contributed by atoms with van der Waals surface area (Å²) in [6.45, 7) is 3.21. The average Bonchev–Trinajstić information content (AvgIpc) is 3.12. The van der Waals surface area contributed by atoms with Crippen LogP contribution in [0.4, 0.5) is 13.2 Å². The van der Waals surface area contributed by atoms with Crippen molar-refractivity contribution in [2.75, 3.05) is 14.1 Å². The van der Waals surface area contributed by atoms with E-state index in [0.29, 0.717) is 0 Å². The van der Waals surface area contributed by atoms with Gasteiger partial charge in [0.2, 0.25) is 5.91 Å². The van der Waals surface area contributed by atoms with Gasteiger partial charge in [-0.1, -0.05) is 13.8 Å². The summed E-state index contributed by atoms with van der Waals surface area (Å²) in [5.41, 5.74) is -0.894. The summed E-state index contributed by atoms with van der Waals surface area (Å²) >= 11 is 0. The van der Waals surface area contributed by atoms with Gasteiger partial charge in [-0.2, -0.15) is 0 Å². The molecule has 170 valence electrons. The summed E-state index contributed by atoms with van der Waals surface area (Å²) in [5, 5.41) is 9.55. The lowest BCUT2D eigenvalue weighted by molar-refractivity contribution is -0.144. The Morgan fingerprint density at radius 1 is 1.19 bits per heavy atom. The molecule has 0 radical (unpaired) electrons. The number of halogens is 3. The van der Waals surface area contributed by atoms with E-state index in [9.17, 15) is 27.9 Å². The summed E-state index contributed by atoms with van der Waals surface area (Å²) in [4.78, 5) is 36.3. The Morgan fingerprint density at radius 2 is 1.88 bits per heavy atom. The first-order chi connectivity index (χ1) is 14.9. The molecule has 1 aromatic carbocycles. The average molecular weight is 448 g/mol. The number of nitrogens with zero attached hydrogens (tertiary/aromatic N) is 3. The fraction of sp³-hybridized carbons (Fsp3) is 0.364. The van der Waals surface area contributed by atoms with Gasteiger partial charge in [0.1, 0.15) is 11.6 Å². The van der Waals surface area contributed by atoms with E-state index in [4.69, 9.17) is 0 Å². The minimum absolute atomic E-state index is 0.0171. The van der Waals surface area contributed by atoms with E-state index in [1.54, 1.807) is 27.9 Å². The van der Waals surface area contributed by atoms with Gasteiger partial charge in [0.05, 0.1) is 17.4 Å². The highest BCUT2D eigenvalue weighted by Gasteiger charge is 2.39. The number of carbonyl (C=O) groups is 2. The third kappa shape index (κ3) is 4.44. The number of hydrogen-bond donors (Lipinski definition) is 2.